The fourth-order valence-electron chi connectivity index (χ4n) is 4.49. The van der Waals surface area contributed by atoms with Crippen molar-refractivity contribution in [2.75, 3.05) is 32.8 Å². The Hall–Kier alpha value is -3.35. The molecule has 1 N–H and O–H groups in total. The molecule has 0 aliphatic carbocycles. The second kappa shape index (κ2) is 11.2. The summed E-state index contributed by atoms with van der Waals surface area (Å²) in [5, 5.41) is 3.04. The zero-order valence-electron chi connectivity index (χ0n) is 19.3. The third-order valence-corrected chi connectivity index (χ3v) is 6.60. The van der Waals surface area contributed by atoms with Crippen LogP contribution < -0.4 is 14.8 Å². The monoisotopic (exact) mass is 466 g/mol. The first-order chi connectivity index (χ1) is 16.5. The van der Waals surface area contributed by atoms with E-state index in [0.717, 1.165) is 37.0 Å². The highest BCUT2D eigenvalue weighted by Crippen LogP contribution is 2.35. The van der Waals surface area contributed by atoms with Crippen LogP contribution >= 0.6 is 0 Å². The molecule has 2 aromatic rings. The van der Waals surface area contributed by atoms with E-state index >= 15 is 0 Å². The number of fused-ring (bicyclic) bond motifs is 1. The van der Waals surface area contributed by atoms with Gasteiger partial charge in [-0.05, 0) is 54.9 Å². The van der Waals surface area contributed by atoms with Gasteiger partial charge in [-0.15, -0.1) is 0 Å². The maximum Gasteiger partial charge on any atom is 0.257 e. The lowest BCUT2D eigenvalue weighted by Crippen LogP contribution is -2.48. The van der Waals surface area contributed by atoms with E-state index in [1.165, 1.54) is 12.1 Å². The number of hydrogen-bond acceptors (Lipinski definition) is 4. The maximum atomic E-state index is 13.3. The van der Waals surface area contributed by atoms with Crippen molar-refractivity contribution in [1.29, 1.82) is 0 Å². The van der Waals surface area contributed by atoms with Crippen molar-refractivity contribution >= 4 is 11.8 Å². The predicted molar refractivity (Wildman–Crippen MR) is 127 cm³/mol. The van der Waals surface area contributed by atoms with Crippen LogP contribution in [0.4, 0.5) is 4.39 Å². The molecule has 1 saturated heterocycles. The van der Waals surface area contributed by atoms with Gasteiger partial charge in [-0.25, -0.2) is 4.39 Å². The Morgan fingerprint density at radius 3 is 2.76 bits per heavy atom. The molecule has 2 heterocycles. The van der Waals surface area contributed by atoms with Crippen LogP contribution in [0.2, 0.25) is 0 Å². The van der Waals surface area contributed by atoms with Crippen LogP contribution in [-0.4, -0.2) is 49.6 Å². The number of amides is 2. The summed E-state index contributed by atoms with van der Waals surface area (Å²) in [6.07, 6.45) is 7.82. The van der Waals surface area contributed by atoms with Crippen molar-refractivity contribution in [2.24, 2.45) is 5.41 Å². The topological polar surface area (TPSA) is 67.9 Å². The van der Waals surface area contributed by atoms with Gasteiger partial charge >= 0.3 is 0 Å². The van der Waals surface area contributed by atoms with E-state index in [1.54, 1.807) is 12.1 Å². The van der Waals surface area contributed by atoms with Gasteiger partial charge in [-0.2, -0.15) is 0 Å². The molecule has 180 valence electrons. The van der Waals surface area contributed by atoms with E-state index in [0.29, 0.717) is 25.4 Å². The maximum absolute atomic E-state index is 13.3. The summed E-state index contributed by atoms with van der Waals surface area (Å²) in [7, 11) is 0. The number of allylic oxidation sites excluding steroid dienone is 2. The zero-order chi connectivity index (χ0) is 23.8. The molecule has 6 nitrogen and oxygen atoms in total. The molecular weight excluding hydrogens is 435 g/mol. The third-order valence-electron chi connectivity index (χ3n) is 6.60. The number of likely N-dealkylation sites (tertiary alicyclic amines) is 1. The standard InChI is InChI=1S/C27H31FN2O4/c28-22-8-5-9-23(18-22)33-17-11-26(32)30-15-13-27(14-16-30)12-4-3-7-21-6-1-2-10-24(21)34-19-25(31)29-20-27/h1-6,8-10,18H,7,11-17,19-20H2,(H,29,31)/b4-3+. The smallest absolute Gasteiger partial charge is 0.257 e. The highest BCUT2D eigenvalue weighted by atomic mass is 19.1. The lowest BCUT2D eigenvalue weighted by molar-refractivity contribution is -0.134. The second-order valence-electron chi connectivity index (χ2n) is 8.99. The molecule has 34 heavy (non-hydrogen) atoms. The zero-order valence-corrected chi connectivity index (χ0v) is 19.3. The molecule has 4 rings (SSSR count). The lowest BCUT2D eigenvalue weighted by Gasteiger charge is -2.41. The minimum Gasteiger partial charge on any atom is -0.493 e. The number of para-hydroxylation sites is 1. The molecule has 0 radical (unpaired) electrons. The molecule has 0 unspecified atom stereocenters. The summed E-state index contributed by atoms with van der Waals surface area (Å²) in [6.45, 7) is 2.05. The Balaban J connectivity index is 1.31. The van der Waals surface area contributed by atoms with Gasteiger partial charge in [0.15, 0.2) is 6.61 Å². The van der Waals surface area contributed by atoms with Crippen molar-refractivity contribution < 1.29 is 23.5 Å². The van der Waals surface area contributed by atoms with Gasteiger partial charge in [0.05, 0.1) is 13.0 Å². The third kappa shape index (κ3) is 6.37. The highest BCUT2D eigenvalue weighted by molar-refractivity contribution is 5.78. The van der Waals surface area contributed by atoms with E-state index in [9.17, 15) is 14.0 Å². The van der Waals surface area contributed by atoms with Gasteiger partial charge in [-0.1, -0.05) is 36.4 Å². The van der Waals surface area contributed by atoms with Gasteiger partial charge in [0.2, 0.25) is 5.91 Å². The van der Waals surface area contributed by atoms with Gasteiger partial charge in [0, 0.05) is 25.7 Å². The van der Waals surface area contributed by atoms with Crippen LogP contribution in [0, 0.1) is 11.2 Å². The minimum absolute atomic E-state index is 0.00721. The molecule has 0 bridgehead atoms. The average Bonchev–Trinajstić information content (AvgIpc) is 2.84. The second-order valence-corrected chi connectivity index (χ2v) is 8.99. The number of carbonyl (C=O) groups excluding carboxylic acids is 2. The van der Waals surface area contributed by atoms with Crippen LogP contribution in [0.15, 0.2) is 60.7 Å². The van der Waals surface area contributed by atoms with Gasteiger partial charge in [0.25, 0.3) is 5.91 Å². The molecule has 2 aromatic carbocycles. The fraction of sp³-hybridized carbons (Fsp3) is 0.407. The van der Waals surface area contributed by atoms with Crippen LogP contribution in [0.1, 0.15) is 31.2 Å². The summed E-state index contributed by atoms with van der Waals surface area (Å²) >= 11 is 0. The molecule has 0 aromatic heterocycles. The predicted octanol–water partition coefficient (Wildman–Crippen LogP) is 3.90. The summed E-state index contributed by atoms with van der Waals surface area (Å²) in [4.78, 5) is 26.9. The number of hydrogen-bond donors (Lipinski definition) is 1. The molecule has 2 aliphatic heterocycles. The van der Waals surface area contributed by atoms with Crippen LogP contribution in [0.25, 0.3) is 0 Å². The number of ether oxygens (including phenoxy) is 2. The fourth-order valence-corrected chi connectivity index (χ4v) is 4.49. The van der Waals surface area contributed by atoms with Gasteiger partial charge in [-0.3, -0.25) is 9.59 Å². The van der Waals surface area contributed by atoms with Crippen LogP contribution in [0.3, 0.4) is 0 Å². The molecule has 2 aliphatic rings. The van der Waals surface area contributed by atoms with Crippen molar-refractivity contribution in [3.05, 3.63) is 72.1 Å². The summed E-state index contributed by atoms with van der Waals surface area (Å²) < 4.78 is 24.5. The van der Waals surface area contributed by atoms with E-state index in [-0.39, 0.29) is 42.7 Å². The summed E-state index contributed by atoms with van der Waals surface area (Å²) in [5.74, 6) is 0.702. The van der Waals surface area contributed by atoms with Crippen LogP contribution in [0.5, 0.6) is 11.5 Å². The Morgan fingerprint density at radius 1 is 1.12 bits per heavy atom. The number of carbonyl (C=O) groups is 2. The quantitative estimate of drug-likeness (QED) is 0.694. The van der Waals surface area contributed by atoms with Crippen molar-refractivity contribution in [3.63, 3.8) is 0 Å². The summed E-state index contributed by atoms with van der Waals surface area (Å²) in [6, 6.07) is 13.7. The normalized spacial score (nSPS) is 19.1. The van der Waals surface area contributed by atoms with E-state index in [4.69, 9.17) is 9.47 Å². The Kier molecular flexibility index (Phi) is 7.83. The molecular formula is C27H31FN2O4. The number of nitrogens with one attached hydrogen (secondary N) is 1. The number of halogens is 1. The SMILES string of the molecule is O=C1COc2ccccc2C/C=C/CC2(CCN(C(=O)CCOc3cccc(F)c3)CC2)CN1. The number of piperidine rings is 1. The van der Waals surface area contributed by atoms with Crippen molar-refractivity contribution in [3.8, 4) is 11.5 Å². The average molecular weight is 467 g/mol. The number of benzene rings is 2. The molecule has 7 heteroatoms. The molecule has 0 atom stereocenters. The molecule has 0 saturated carbocycles. The summed E-state index contributed by atoms with van der Waals surface area (Å²) in [5.41, 5.74) is 0.974. The molecule has 2 amide bonds. The van der Waals surface area contributed by atoms with E-state index in [1.807, 2.05) is 29.2 Å². The van der Waals surface area contributed by atoms with E-state index < -0.39 is 0 Å². The molecule has 1 spiro atoms. The van der Waals surface area contributed by atoms with Crippen LogP contribution in [-0.2, 0) is 16.0 Å². The first kappa shape index (κ1) is 23.8. The highest BCUT2D eigenvalue weighted by Gasteiger charge is 2.35. The van der Waals surface area contributed by atoms with E-state index in [2.05, 4.69) is 17.5 Å². The Morgan fingerprint density at radius 2 is 1.94 bits per heavy atom. The largest absolute Gasteiger partial charge is 0.493 e. The Bertz CT molecular complexity index is 1030. The first-order valence-electron chi connectivity index (χ1n) is 11.8. The lowest BCUT2D eigenvalue weighted by atomic mass is 9.75. The van der Waals surface area contributed by atoms with Gasteiger partial charge in [0.1, 0.15) is 17.3 Å². The van der Waals surface area contributed by atoms with Gasteiger partial charge < -0.3 is 19.7 Å². The van der Waals surface area contributed by atoms with Crippen molar-refractivity contribution in [1.82, 2.24) is 10.2 Å². The number of nitrogens with zero attached hydrogens (tertiary/aromatic N) is 1. The first-order valence-corrected chi connectivity index (χ1v) is 11.8. The molecule has 1 fully saturated rings. The Labute approximate surface area is 199 Å². The minimum atomic E-state index is -0.362. The van der Waals surface area contributed by atoms with Crippen molar-refractivity contribution in [2.45, 2.75) is 32.1 Å². The number of rotatable bonds is 4.